The first-order valence-electron chi connectivity index (χ1n) is 7.55. The van der Waals surface area contributed by atoms with Crippen molar-refractivity contribution >= 4 is 33.3 Å². The van der Waals surface area contributed by atoms with Gasteiger partial charge < -0.3 is 10.2 Å². The molecule has 1 saturated carbocycles. The van der Waals surface area contributed by atoms with Crippen molar-refractivity contribution in [1.82, 2.24) is 9.97 Å². The predicted molar refractivity (Wildman–Crippen MR) is 86.8 cm³/mol. The van der Waals surface area contributed by atoms with Crippen LogP contribution >= 0.6 is 11.3 Å². The van der Waals surface area contributed by atoms with E-state index in [1.54, 1.807) is 11.3 Å². The number of nitrogens with one attached hydrogen (secondary N) is 1. The molecule has 3 rings (SSSR count). The van der Waals surface area contributed by atoms with Crippen LogP contribution in [0.2, 0.25) is 0 Å². The van der Waals surface area contributed by atoms with Crippen LogP contribution in [-0.4, -0.2) is 29.6 Å². The quantitative estimate of drug-likeness (QED) is 0.879. The van der Waals surface area contributed by atoms with Crippen LogP contribution in [0, 0.1) is 5.92 Å². The van der Waals surface area contributed by atoms with E-state index in [1.807, 2.05) is 0 Å². The van der Waals surface area contributed by atoms with E-state index in [4.69, 9.17) is 4.98 Å². The maximum Gasteiger partial charge on any atom is 0.226 e. The van der Waals surface area contributed by atoms with Crippen molar-refractivity contribution in [2.75, 3.05) is 29.9 Å². The van der Waals surface area contributed by atoms with E-state index >= 15 is 0 Å². The molecule has 0 amide bonds. The summed E-state index contributed by atoms with van der Waals surface area (Å²) >= 11 is 1.69. The predicted octanol–water partition coefficient (Wildman–Crippen LogP) is 3.75. The number of hydrogen-bond acceptors (Lipinski definition) is 5. The first-order chi connectivity index (χ1) is 9.81. The van der Waals surface area contributed by atoms with Gasteiger partial charge in [-0.2, -0.15) is 4.98 Å². The van der Waals surface area contributed by atoms with E-state index < -0.39 is 0 Å². The number of rotatable bonds is 6. The van der Waals surface area contributed by atoms with Gasteiger partial charge >= 0.3 is 0 Å². The van der Waals surface area contributed by atoms with Crippen molar-refractivity contribution in [1.29, 1.82) is 0 Å². The lowest BCUT2D eigenvalue weighted by atomic mass is 9.85. The van der Waals surface area contributed by atoms with Gasteiger partial charge in [-0.25, -0.2) is 4.98 Å². The van der Waals surface area contributed by atoms with Crippen LogP contribution < -0.4 is 10.2 Å². The summed E-state index contributed by atoms with van der Waals surface area (Å²) < 4.78 is 0. The Morgan fingerprint density at radius 3 is 2.85 bits per heavy atom. The Labute approximate surface area is 124 Å². The number of anilines is 2. The van der Waals surface area contributed by atoms with Gasteiger partial charge in [-0.3, -0.25) is 0 Å². The largest absolute Gasteiger partial charge is 0.356 e. The fraction of sp³-hybridized carbons (Fsp3) is 0.600. The molecule has 0 spiro atoms. The van der Waals surface area contributed by atoms with Crippen molar-refractivity contribution in [2.24, 2.45) is 5.92 Å². The molecular formula is C15H22N4S. The summed E-state index contributed by atoms with van der Waals surface area (Å²) in [6.07, 6.45) is 4.13. The van der Waals surface area contributed by atoms with Crippen LogP contribution in [0.25, 0.3) is 10.2 Å². The third kappa shape index (κ3) is 2.59. The van der Waals surface area contributed by atoms with Crippen LogP contribution in [0.5, 0.6) is 0 Å². The molecule has 1 fully saturated rings. The zero-order valence-electron chi connectivity index (χ0n) is 12.2. The van der Waals surface area contributed by atoms with Crippen molar-refractivity contribution < 1.29 is 0 Å². The monoisotopic (exact) mass is 290 g/mol. The first-order valence-corrected chi connectivity index (χ1v) is 8.43. The second kappa shape index (κ2) is 5.95. The van der Waals surface area contributed by atoms with Crippen molar-refractivity contribution in [3.63, 3.8) is 0 Å². The normalized spacial score (nSPS) is 15.3. The Bertz CT molecular complexity index is 576. The smallest absolute Gasteiger partial charge is 0.226 e. The zero-order valence-corrected chi connectivity index (χ0v) is 13.0. The Morgan fingerprint density at radius 2 is 2.20 bits per heavy atom. The molecule has 1 aliphatic rings. The standard InChI is InChI=1S/C15H22N4S/c1-3-16-15-17-13(12-8-9-20-14(12)18-15)19(4-2)10-11-6-5-7-11/h8-9,11H,3-7,10H2,1-2H3,(H,16,17,18). The highest BCUT2D eigenvalue weighted by atomic mass is 32.1. The lowest BCUT2D eigenvalue weighted by Crippen LogP contribution is -2.33. The maximum absolute atomic E-state index is 4.76. The third-order valence-electron chi connectivity index (χ3n) is 4.02. The molecule has 0 radical (unpaired) electrons. The second-order valence-corrected chi connectivity index (χ2v) is 6.27. The van der Waals surface area contributed by atoms with Gasteiger partial charge in [-0.05, 0) is 44.1 Å². The van der Waals surface area contributed by atoms with Crippen LogP contribution in [0.3, 0.4) is 0 Å². The number of thiophene rings is 1. The molecule has 2 heterocycles. The van der Waals surface area contributed by atoms with Crippen LogP contribution in [0.4, 0.5) is 11.8 Å². The summed E-state index contributed by atoms with van der Waals surface area (Å²) in [5.41, 5.74) is 0. The number of nitrogens with zero attached hydrogens (tertiary/aromatic N) is 3. The molecule has 0 aliphatic heterocycles. The molecule has 5 heteroatoms. The minimum absolute atomic E-state index is 0.754. The maximum atomic E-state index is 4.76. The zero-order chi connectivity index (χ0) is 13.9. The molecule has 0 atom stereocenters. The summed E-state index contributed by atoms with van der Waals surface area (Å²) in [6, 6.07) is 2.15. The molecule has 1 N–H and O–H groups in total. The molecule has 1 aliphatic carbocycles. The van der Waals surface area contributed by atoms with Crippen LogP contribution in [0.15, 0.2) is 11.4 Å². The minimum Gasteiger partial charge on any atom is -0.356 e. The molecular weight excluding hydrogens is 268 g/mol. The van der Waals surface area contributed by atoms with E-state index in [2.05, 4.69) is 40.5 Å². The molecule has 108 valence electrons. The third-order valence-corrected chi connectivity index (χ3v) is 4.83. The van der Waals surface area contributed by atoms with Gasteiger partial charge in [0.1, 0.15) is 10.6 Å². The van der Waals surface area contributed by atoms with Gasteiger partial charge in [-0.1, -0.05) is 6.42 Å². The lowest BCUT2D eigenvalue weighted by Gasteiger charge is -2.32. The first kappa shape index (κ1) is 13.6. The fourth-order valence-electron chi connectivity index (χ4n) is 2.67. The molecule has 0 bridgehead atoms. The summed E-state index contributed by atoms with van der Waals surface area (Å²) in [5.74, 6) is 2.70. The van der Waals surface area contributed by atoms with Gasteiger partial charge in [0, 0.05) is 19.6 Å². The van der Waals surface area contributed by atoms with Crippen molar-refractivity contribution in [3.8, 4) is 0 Å². The Hall–Kier alpha value is -1.36. The minimum atomic E-state index is 0.754. The van der Waals surface area contributed by atoms with E-state index in [-0.39, 0.29) is 0 Å². The molecule has 0 aromatic carbocycles. The van der Waals surface area contributed by atoms with Gasteiger partial charge in [0.25, 0.3) is 0 Å². The molecule has 20 heavy (non-hydrogen) atoms. The summed E-state index contributed by atoms with van der Waals surface area (Å²) in [7, 11) is 0. The molecule has 4 nitrogen and oxygen atoms in total. The van der Waals surface area contributed by atoms with Crippen molar-refractivity contribution in [3.05, 3.63) is 11.4 Å². The Balaban J connectivity index is 1.95. The summed E-state index contributed by atoms with van der Waals surface area (Å²) in [5, 5.41) is 6.55. The highest BCUT2D eigenvalue weighted by Crippen LogP contribution is 2.32. The fourth-order valence-corrected chi connectivity index (χ4v) is 3.43. The average Bonchev–Trinajstić information content (AvgIpc) is 2.86. The van der Waals surface area contributed by atoms with Gasteiger partial charge in [0.05, 0.1) is 5.39 Å². The van der Waals surface area contributed by atoms with E-state index in [0.717, 1.165) is 42.1 Å². The summed E-state index contributed by atoms with van der Waals surface area (Å²) in [4.78, 5) is 12.8. The summed E-state index contributed by atoms with van der Waals surface area (Å²) in [6.45, 7) is 7.28. The van der Waals surface area contributed by atoms with Crippen molar-refractivity contribution in [2.45, 2.75) is 33.1 Å². The van der Waals surface area contributed by atoms with E-state index in [0.29, 0.717) is 0 Å². The molecule has 0 unspecified atom stereocenters. The van der Waals surface area contributed by atoms with Crippen LogP contribution in [-0.2, 0) is 0 Å². The highest BCUT2D eigenvalue weighted by Gasteiger charge is 2.22. The van der Waals surface area contributed by atoms with Gasteiger partial charge in [0.15, 0.2) is 0 Å². The van der Waals surface area contributed by atoms with Gasteiger partial charge in [0.2, 0.25) is 5.95 Å². The van der Waals surface area contributed by atoms with E-state index in [1.165, 1.54) is 24.6 Å². The molecule has 2 aromatic heterocycles. The lowest BCUT2D eigenvalue weighted by molar-refractivity contribution is 0.318. The van der Waals surface area contributed by atoms with Crippen LogP contribution in [0.1, 0.15) is 33.1 Å². The van der Waals surface area contributed by atoms with E-state index in [9.17, 15) is 0 Å². The molecule has 0 saturated heterocycles. The number of hydrogen-bond donors (Lipinski definition) is 1. The Morgan fingerprint density at radius 1 is 1.35 bits per heavy atom. The van der Waals surface area contributed by atoms with Gasteiger partial charge in [-0.15, -0.1) is 11.3 Å². The number of aromatic nitrogens is 2. The highest BCUT2D eigenvalue weighted by molar-refractivity contribution is 7.16. The Kier molecular flexibility index (Phi) is 4.05. The molecule has 2 aromatic rings. The second-order valence-electron chi connectivity index (χ2n) is 5.38. The average molecular weight is 290 g/mol. The number of fused-ring (bicyclic) bond motifs is 1. The SMILES string of the molecule is CCNc1nc(N(CC)CC2CCC2)c2ccsc2n1. The topological polar surface area (TPSA) is 41.1 Å².